The first kappa shape index (κ1) is 20.3. The molecule has 0 aliphatic heterocycles. The molecule has 29 heavy (non-hydrogen) atoms. The summed E-state index contributed by atoms with van der Waals surface area (Å²) in [7, 11) is 0. The van der Waals surface area contributed by atoms with Gasteiger partial charge in [-0.25, -0.2) is 13.9 Å². The van der Waals surface area contributed by atoms with Gasteiger partial charge in [0.05, 0.1) is 0 Å². The molecule has 0 saturated carbocycles. The first-order valence-corrected chi connectivity index (χ1v) is 9.64. The topological polar surface area (TPSA) is 115 Å². The summed E-state index contributed by atoms with van der Waals surface area (Å²) < 4.78 is 14.7. The van der Waals surface area contributed by atoms with Crippen molar-refractivity contribution in [1.82, 2.24) is 25.5 Å². The summed E-state index contributed by atoms with van der Waals surface area (Å²) in [4.78, 5) is 24.5. The van der Waals surface area contributed by atoms with Crippen molar-refractivity contribution >= 4 is 23.7 Å². The van der Waals surface area contributed by atoms with Crippen molar-refractivity contribution in [3.05, 3.63) is 66.0 Å². The third-order valence-electron chi connectivity index (χ3n) is 3.89. The third kappa shape index (κ3) is 4.91. The highest BCUT2D eigenvalue weighted by molar-refractivity contribution is 8.00. The maximum atomic E-state index is 13.5. The first-order chi connectivity index (χ1) is 14.0. The number of nitrogens with one attached hydrogen (secondary N) is 2. The number of hydrogen-bond acceptors (Lipinski definition) is 6. The van der Waals surface area contributed by atoms with Crippen molar-refractivity contribution in [1.29, 1.82) is 0 Å². The Hall–Kier alpha value is -3.40. The van der Waals surface area contributed by atoms with E-state index in [2.05, 4.69) is 20.8 Å². The van der Waals surface area contributed by atoms with Crippen LogP contribution in [0.25, 0.3) is 11.4 Å². The standard InChI is InChI=1S/C19H19FN6O2S/c1-2-22-18(28)23-17(27)15(12-7-4-3-5-8-12)29-19-25-24-16(26(19)21)13-9-6-10-14(20)11-13/h3-11,15H,2,21H2,1H3,(H2,22,23,27,28)/t15-/m0/s1. The zero-order valence-electron chi connectivity index (χ0n) is 15.5. The zero-order chi connectivity index (χ0) is 20.8. The minimum absolute atomic E-state index is 0.240. The fraction of sp³-hybridized carbons (Fsp3) is 0.158. The molecule has 3 aromatic rings. The van der Waals surface area contributed by atoms with Crippen molar-refractivity contribution in [2.24, 2.45) is 0 Å². The van der Waals surface area contributed by atoms with Gasteiger partial charge in [0.2, 0.25) is 11.1 Å². The van der Waals surface area contributed by atoms with Gasteiger partial charge in [-0.3, -0.25) is 10.1 Å². The normalized spacial score (nSPS) is 11.7. The maximum absolute atomic E-state index is 13.5. The number of nitrogens with two attached hydrogens (primary N) is 1. The lowest BCUT2D eigenvalue weighted by atomic mass is 10.1. The molecule has 8 nitrogen and oxygen atoms in total. The Balaban J connectivity index is 1.88. The van der Waals surface area contributed by atoms with Gasteiger partial charge in [-0.05, 0) is 24.6 Å². The predicted octanol–water partition coefficient (Wildman–Crippen LogP) is 2.48. The molecule has 150 valence electrons. The smallest absolute Gasteiger partial charge is 0.321 e. The van der Waals surface area contributed by atoms with Crippen LogP contribution in [0, 0.1) is 5.82 Å². The molecule has 0 spiro atoms. The van der Waals surface area contributed by atoms with E-state index < -0.39 is 23.0 Å². The maximum Gasteiger partial charge on any atom is 0.321 e. The Bertz CT molecular complexity index is 1010. The van der Waals surface area contributed by atoms with E-state index in [0.717, 1.165) is 11.8 Å². The average Bonchev–Trinajstić information content (AvgIpc) is 3.07. The summed E-state index contributed by atoms with van der Waals surface area (Å²) in [5.74, 6) is 5.40. The van der Waals surface area contributed by atoms with Crippen LogP contribution in [0.15, 0.2) is 59.8 Å². The lowest BCUT2D eigenvalue weighted by Crippen LogP contribution is -2.41. The predicted molar refractivity (Wildman–Crippen MR) is 108 cm³/mol. The molecular weight excluding hydrogens is 395 g/mol. The number of imide groups is 1. The SMILES string of the molecule is CCNC(=O)NC(=O)[C@@H](Sc1nnc(-c2cccc(F)c2)n1N)c1ccccc1. The molecule has 1 atom stereocenters. The van der Waals surface area contributed by atoms with Gasteiger partial charge in [0.1, 0.15) is 11.1 Å². The second kappa shape index (κ2) is 9.20. The Labute approximate surface area is 170 Å². The van der Waals surface area contributed by atoms with Gasteiger partial charge in [-0.1, -0.05) is 54.2 Å². The highest BCUT2D eigenvalue weighted by Crippen LogP contribution is 2.35. The van der Waals surface area contributed by atoms with Crippen molar-refractivity contribution in [2.45, 2.75) is 17.3 Å². The number of rotatable bonds is 6. The van der Waals surface area contributed by atoms with E-state index in [9.17, 15) is 14.0 Å². The van der Waals surface area contributed by atoms with Crippen LogP contribution < -0.4 is 16.5 Å². The number of hydrogen-bond donors (Lipinski definition) is 3. The summed E-state index contributed by atoms with van der Waals surface area (Å²) in [6.07, 6.45) is 0. The average molecular weight is 414 g/mol. The molecule has 3 rings (SSSR count). The quantitative estimate of drug-likeness (QED) is 0.422. The van der Waals surface area contributed by atoms with E-state index in [-0.39, 0.29) is 11.0 Å². The van der Waals surface area contributed by atoms with Crippen LogP contribution in [0.4, 0.5) is 9.18 Å². The molecule has 0 aliphatic rings. The number of carbonyl (C=O) groups excluding carboxylic acids is 2. The molecular formula is C19H19FN6O2S. The Morgan fingerprint density at radius 3 is 2.62 bits per heavy atom. The van der Waals surface area contributed by atoms with Crippen molar-refractivity contribution in [3.8, 4) is 11.4 Å². The molecule has 4 N–H and O–H groups in total. The molecule has 10 heteroatoms. The molecule has 2 aromatic carbocycles. The van der Waals surface area contributed by atoms with E-state index in [0.29, 0.717) is 17.7 Å². The monoisotopic (exact) mass is 414 g/mol. The first-order valence-electron chi connectivity index (χ1n) is 8.76. The number of nitrogen functional groups attached to an aromatic ring is 1. The third-order valence-corrected chi connectivity index (χ3v) is 5.10. The van der Waals surface area contributed by atoms with Gasteiger partial charge in [0.15, 0.2) is 5.82 Å². The summed E-state index contributed by atoms with van der Waals surface area (Å²) in [6.45, 7) is 2.13. The summed E-state index contributed by atoms with van der Waals surface area (Å²) in [5, 5.41) is 12.3. The van der Waals surface area contributed by atoms with Crippen LogP contribution in [-0.2, 0) is 4.79 Å². The zero-order valence-corrected chi connectivity index (χ0v) is 16.3. The van der Waals surface area contributed by atoms with Gasteiger partial charge < -0.3 is 11.2 Å². The molecule has 0 unspecified atom stereocenters. The van der Waals surface area contributed by atoms with E-state index in [1.165, 1.54) is 16.8 Å². The van der Waals surface area contributed by atoms with Crippen LogP contribution in [0.3, 0.4) is 0 Å². The Morgan fingerprint density at radius 2 is 1.93 bits per heavy atom. The van der Waals surface area contributed by atoms with E-state index in [4.69, 9.17) is 5.84 Å². The second-order valence-corrected chi connectivity index (χ2v) is 7.02. The van der Waals surface area contributed by atoms with Gasteiger partial charge in [-0.2, -0.15) is 0 Å². The summed E-state index contributed by atoms with van der Waals surface area (Å²) in [6, 6.07) is 14.1. The fourth-order valence-corrected chi connectivity index (χ4v) is 3.53. The Kier molecular flexibility index (Phi) is 6.45. The van der Waals surface area contributed by atoms with Crippen LogP contribution in [0.1, 0.15) is 17.7 Å². The number of aromatic nitrogens is 3. The van der Waals surface area contributed by atoms with Crippen LogP contribution in [0.2, 0.25) is 0 Å². The number of nitrogens with zero attached hydrogens (tertiary/aromatic N) is 3. The van der Waals surface area contributed by atoms with Gasteiger partial charge in [-0.15, -0.1) is 10.2 Å². The lowest BCUT2D eigenvalue weighted by molar-refractivity contribution is -0.119. The van der Waals surface area contributed by atoms with Crippen molar-refractivity contribution < 1.29 is 14.0 Å². The molecule has 3 amide bonds. The molecule has 1 aromatic heterocycles. The van der Waals surface area contributed by atoms with Gasteiger partial charge in [0, 0.05) is 12.1 Å². The number of benzene rings is 2. The number of amides is 3. The van der Waals surface area contributed by atoms with Crippen LogP contribution in [-0.4, -0.2) is 33.4 Å². The molecule has 0 saturated heterocycles. The highest BCUT2D eigenvalue weighted by Gasteiger charge is 2.26. The summed E-state index contributed by atoms with van der Waals surface area (Å²) in [5.41, 5.74) is 1.12. The van der Waals surface area contributed by atoms with Crippen LogP contribution >= 0.6 is 11.8 Å². The van der Waals surface area contributed by atoms with Crippen molar-refractivity contribution in [3.63, 3.8) is 0 Å². The highest BCUT2D eigenvalue weighted by atomic mass is 32.2. The molecule has 0 radical (unpaired) electrons. The summed E-state index contributed by atoms with van der Waals surface area (Å²) >= 11 is 1.03. The van der Waals surface area contributed by atoms with E-state index in [1.807, 2.05) is 6.07 Å². The molecule has 1 heterocycles. The van der Waals surface area contributed by atoms with Crippen molar-refractivity contribution in [2.75, 3.05) is 12.4 Å². The largest absolute Gasteiger partial charge is 0.338 e. The van der Waals surface area contributed by atoms with E-state index in [1.54, 1.807) is 43.3 Å². The van der Waals surface area contributed by atoms with Gasteiger partial charge >= 0.3 is 6.03 Å². The minimum atomic E-state index is -0.800. The lowest BCUT2D eigenvalue weighted by Gasteiger charge is -2.16. The van der Waals surface area contributed by atoms with Gasteiger partial charge in [0.25, 0.3) is 0 Å². The minimum Gasteiger partial charge on any atom is -0.338 e. The molecule has 0 fully saturated rings. The molecule has 0 aliphatic carbocycles. The molecule has 0 bridgehead atoms. The van der Waals surface area contributed by atoms with E-state index >= 15 is 0 Å². The fourth-order valence-electron chi connectivity index (χ4n) is 2.57. The Morgan fingerprint density at radius 1 is 1.17 bits per heavy atom. The number of halogens is 1. The second-order valence-electron chi connectivity index (χ2n) is 5.94. The number of carbonyl (C=O) groups is 2. The van der Waals surface area contributed by atoms with Crippen LogP contribution in [0.5, 0.6) is 0 Å². The number of thioether (sulfide) groups is 1. The number of urea groups is 1.